The first-order chi connectivity index (χ1) is 7.54. The minimum Gasteiger partial charge on any atom is -0.478 e. The second-order valence-electron chi connectivity index (χ2n) is 3.94. The van der Waals surface area contributed by atoms with Crippen molar-refractivity contribution in [3.8, 4) is 0 Å². The molecule has 0 spiro atoms. The molecule has 0 aromatic heterocycles. The summed E-state index contributed by atoms with van der Waals surface area (Å²) in [5.74, 6) is -0.995. The van der Waals surface area contributed by atoms with Gasteiger partial charge in [0.25, 0.3) is 0 Å². The van der Waals surface area contributed by atoms with Gasteiger partial charge in [0.05, 0.1) is 5.56 Å². The first kappa shape index (κ1) is 12.4. The van der Waals surface area contributed by atoms with Crippen molar-refractivity contribution in [2.45, 2.75) is 32.7 Å². The van der Waals surface area contributed by atoms with Crippen LogP contribution in [-0.2, 0) is 0 Å². The molecule has 1 aromatic rings. The lowest BCUT2D eigenvalue weighted by molar-refractivity contribution is 0.0698. The molecule has 1 unspecified atom stereocenters. The Morgan fingerprint density at radius 2 is 2.25 bits per heavy atom. The van der Waals surface area contributed by atoms with E-state index in [0.717, 1.165) is 18.5 Å². The van der Waals surface area contributed by atoms with Crippen molar-refractivity contribution in [1.82, 2.24) is 0 Å². The number of hydrogen-bond acceptors (Lipinski definition) is 3. The highest BCUT2D eigenvalue weighted by Gasteiger charge is 2.08. The fraction of sp³-hybridized carbons (Fsp3) is 0.417. The minimum atomic E-state index is -0.995. The molecule has 1 rings (SSSR count). The summed E-state index contributed by atoms with van der Waals surface area (Å²) < 4.78 is 0. The molecule has 0 bridgehead atoms. The summed E-state index contributed by atoms with van der Waals surface area (Å²) in [5.41, 5.74) is 6.96. The second-order valence-corrected chi connectivity index (χ2v) is 3.94. The summed E-state index contributed by atoms with van der Waals surface area (Å²) in [6.45, 7) is 4.21. The zero-order chi connectivity index (χ0) is 12.1. The third kappa shape index (κ3) is 3.15. The van der Waals surface area contributed by atoms with Crippen molar-refractivity contribution < 1.29 is 9.90 Å². The SMILES string of the molecule is CCCC(C)Nc1ccc(C(=O)O)c(N)c1. The van der Waals surface area contributed by atoms with Crippen molar-refractivity contribution in [3.05, 3.63) is 23.8 Å². The Morgan fingerprint density at radius 1 is 1.56 bits per heavy atom. The first-order valence-corrected chi connectivity index (χ1v) is 5.44. The fourth-order valence-electron chi connectivity index (χ4n) is 1.64. The van der Waals surface area contributed by atoms with E-state index in [2.05, 4.69) is 19.2 Å². The summed E-state index contributed by atoms with van der Waals surface area (Å²) in [6, 6.07) is 5.29. The van der Waals surface area contributed by atoms with Gasteiger partial charge < -0.3 is 16.2 Å². The van der Waals surface area contributed by atoms with Crippen LogP contribution in [0.3, 0.4) is 0 Å². The Hall–Kier alpha value is -1.71. The lowest BCUT2D eigenvalue weighted by Crippen LogP contribution is -2.15. The Bertz CT molecular complexity index is 377. The van der Waals surface area contributed by atoms with Crippen LogP contribution in [0.1, 0.15) is 37.0 Å². The Kier molecular flexibility index (Phi) is 4.17. The van der Waals surface area contributed by atoms with Crippen molar-refractivity contribution in [3.63, 3.8) is 0 Å². The Morgan fingerprint density at radius 3 is 2.75 bits per heavy atom. The average Bonchev–Trinajstić information content (AvgIpc) is 2.17. The number of carbonyl (C=O) groups is 1. The number of nitrogens with two attached hydrogens (primary N) is 1. The van der Waals surface area contributed by atoms with Crippen LogP contribution in [0.25, 0.3) is 0 Å². The standard InChI is InChI=1S/C12H18N2O2/c1-3-4-8(2)14-9-5-6-10(12(15)16)11(13)7-9/h5-8,14H,3-4,13H2,1-2H3,(H,15,16). The van der Waals surface area contributed by atoms with E-state index >= 15 is 0 Å². The molecule has 16 heavy (non-hydrogen) atoms. The van der Waals surface area contributed by atoms with Gasteiger partial charge in [0.15, 0.2) is 0 Å². The lowest BCUT2D eigenvalue weighted by atomic mass is 10.1. The fourth-order valence-corrected chi connectivity index (χ4v) is 1.64. The van der Waals surface area contributed by atoms with Gasteiger partial charge in [-0.2, -0.15) is 0 Å². The molecule has 0 saturated carbocycles. The van der Waals surface area contributed by atoms with Crippen LogP contribution in [-0.4, -0.2) is 17.1 Å². The van der Waals surface area contributed by atoms with Crippen LogP contribution in [0.5, 0.6) is 0 Å². The first-order valence-electron chi connectivity index (χ1n) is 5.44. The van der Waals surface area contributed by atoms with E-state index in [9.17, 15) is 4.79 Å². The van der Waals surface area contributed by atoms with Gasteiger partial charge in [-0.1, -0.05) is 13.3 Å². The molecule has 1 aromatic carbocycles. The van der Waals surface area contributed by atoms with Gasteiger partial charge in [0.1, 0.15) is 0 Å². The minimum absolute atomic E-state index is 0.147. The van der Waals surface area contributed by atoms with E-state index in [1.54, 1.807) is 12.1 Å². The molecule has 0 aliphatic rings. The summed E-state index contributed by atoms with van der Waals surface area (Å²) >= 11 is 0. The van der Waals surface area contributed by atoms with E-state index < -0.39 is 5.97 Å². The third-order valence-electron chi connectivity index (χ3n) is 2.42. The number of aromatic carboxylic acids is 1. The molecule has 0 amide bonds. The molecule has 0 radical (unpaired) electrons. The van der Waals surface area contributed by atoms with E-state index in [4.69, 9.17) is 10.8 Å². The number of nitrogen functional groups attached to an aromatic ring is 1. The van der Waals surface area contributed by atoms with Crippen LogP contribution >= 0.6 is 0 Å². The quantitative estimate of drug-likeness (QED) is 0.669. The Balaban J connectivity index is 2.77. The van der Waals surface area contributed by atoms with Gasteiger partial charge in [-0.05, 0) is 31.5 Å². The lowest BCUT2D eigenvalue weighted by Gasteiger charge is -2.15. The number of nitrogens with one attached hydrogen (secondary N) is 1. The summed E-state index contributed by atoms with van der Waals surface area (Å²) in [4.78, 5) is 10.8. The number of anilines is 2. The molecule has 0 aliphatic carbocycles. The predicted molar refractivity (Wildman–Crippen MR) is 65.8 cm³/mol. The maximum absolute atomic E-state index is 10.8. The molecule has 0 heterocycles. The van der Waals surface area contributed by atoms with Crippen LogP contribution in [0.4, 0.5) is 11.4 Å². The van der Waals surface area contributed by atoms with Gasteiger partial charge in [0.2, 0.25) is 0 Å². The van der Waals surface area contributed by atoms with Gasteiger partial charge in [0, 0.05) is 17.4 Å². The van der Waals surface area contributed by atoms with Gasteiger partial charge >= 0.3 is 5.97 Å². The van der Waals surface area contributed by atoms with Crippen LogP contribution in [0, 0.1) is 0 Å². The van der Waals surface area contributed by atoms with Crippen LogP contribution in [0.2, 0.25) is 0 Å². The van der Waals surface area contributed by atoms with E-state index in [0.29, 0.717) is 11.7 Å². The van der Waals surface area contributed by atoms with E-state index in [1.807, 2.05) is 0 Å². The summed E-state index contributed by atoms with van der Waals surface area (Å²) in [5, 5.41) is 12.1. The maximum Gasteiger partial charge on any atom is 0.337 e. The molecule has 1 atom stereocenters. The molecular formula is C12H18N2O2. The van der Waals surface area contributed by atoms with Crippen molar-refractivity contribution in [2.24, 2.45) is 0 Å². The predicted octanol–water partition coefficient (Wildman–Crippen LogP) is 2.57. The zero-order valence-corrected chi connectivity index (χ0v) is 9.66. The normalized spacial score (nSPS) is 12.1. The van der Waals surface area contributed by atoms with E-state index in [-0.39, 0.29) is 5.56 Å². The maximum atomic E-state index is 10.8. The zero-order valence-electron chi connectivity index (χ0n) is 9.66. The van der Waals surface area contributed by atoms with Gasteiger partial charge in [-0.3, -0.25) is 0 Å². The van der Waals surface area contributed by atoms with Crippen LogP contribution in [0.15, 0.2) is 18.2 Å². The third-order valence-corrected chi connectivity index (χ3v) is 2.42. The summed E-state index contributed by atoms with van der Waals surface area (Å²) in [7, 11) is 0. The van der Waals surface area contributed by atoms with Crippen molar-refractivity contribution >= 4 is 17.3 Å². The average molecular weight is 222 g/mol. The molecule has 4 nitrogen and oxygen atoms in total. The second kappa shape index (κ2) is 5.39. The number of carboxylic acid groups (broad SMARTS) is 1. The summed E-state index contributed by atoms with van der Waals surface area (Å²) in [6.07, 6.45) is 2.18. The molecule has 4 N–H and O–H groups in total. The monoisotopic (exact) mass is 222 g/mol. The number of rotatable bonds is 5. The van der Waals surface area contributed by atoms with Crippen molar-refractivity contribution in [1.29, 1.82) is 0 Å². The van der Waals surface area contributed by atoms with Crippen molar-refractivity contribution in [2.75, 3.05) is 11.1 Å². The molecule has 4 heteroatoms. The Labute approximate surface area is 95.5 Å². The molecule has 0 aliphatic heterocycles. The highest BCUT2D eigenvalue weighted by Crippen LogP contribution is 2.19. The number of carboxylic acids is 1. The largest absolute Gasteiger partial charge is 0.478 e. The van der Waals surface area contributed by atoms with E-state index in [1.165, 1.54) is 6.07 Å². The van der Waals surface area contributed by atoms with Crippen LogP contribution < -0.4 is 11.1 Å². The molecule has 88 valence electrons. The smallest absolute Gasteiger partial charge is 0.337 e. The molecule has 0 fully saturated rings. The number of hydrogen-bond donors (Lipinski definition) is 3. The number of benzene rings is 1. The topological polar surface area (TPSA) is 75.3 Å². The molecular weight excluding hydrogens is 204 g/mol. The van der Waals surface area contributed by atoms with Gasteiger partial charge in [-0.25, -0.2) is 4.79 Å². The van der Waals surface area contributed by atoms with Gasteiger partial charge in [-0.15, -0.1) is 0 Å². The highest BCUT2D eigenvalue weighted by atomic mass is 16.4. The molecule has 0 saturated heterocycles. The highest BCUT2D eigenvalue weighted by molar-refractivity contribution is 5.94.